The Hall–Kier alpha value is -1.68. The molecule has 4 nitrogen and oxygen atoms in total. The number of imidazole rings is 1. The predicted octanol–water partition coefficient (Wildman–Crippen LogP) is 2.70. The molecular weight excluding hydrogens is 248 g/mol. The van der Waals surface area contributed by atoms with Gasteiger partial charge in [0.05, 0.1) is 0 Å². The maximum absolute atomic E-state index is 4.77. The molecule has 0 radical (unpaired) electrons. The van der Waals surface area contributed by atoms with Crippen LogP contribution in [0.2, 0.25) is 0 Å². The van der Waals surface area contributed by atoms with Crippen molar-refractivity contribution in [1.82, 2.24) is 19.9 Å². The molecule has 20 heavy (non-hydrogen) atoms. The van der Waals surface area contributed by atoms with Gasteiger partial charge in [0.15, 0.2) is 0 Å². The normalized spacial score (nSPS) is 14.8. The van der Waals surface area contributed by atoms with E-state index in [4.69, 9.17) is 4.98 Å². The van der Waals surface area contributed by atoms with Gasteiger partial charge < -0.3 is 5.32 Å². The molecule has 0 spiro atoms. The highest BCUT2D eigenvalue weighted by Crippen LogP contribution is 2.23. The molecule has 2 heterocycles. The van der Waals surface area contributed by atoms with E-state index in [1.54, 1.807) is 0 Å². The zero-order valence-corrected chi connectivity index (χ0v) is 12.5. The fourth-order valence-corrected chi connectivity index (χ4v) is 2.58. The number of aromatic nitrogens is 3. The van der Waals surface area contributed by atoms with Gasteiger partial charge in [-0.3, -0.25) is 4.57 Å². The second-order valence-corrected chi connectivity index (χ2v) is 5.60. The van der Waals surface area contributed by atoms with Crippen LogP contribution < -0.4 is 5.32 Å². The molecule has 1 saturated carbocycles. The second-order valence-electron chi connectivity index (χ2n) is 5.60. The molecule has 1 aliphatic rings. The average Bonchev–Trinajstić information content (AvgIpc) is 3.12. The van der Waals surface area contributed by atoms with Crippen molar-refractivity contribution in [2.45, 2.75) is 52.6 Å². The number of rotatable bonds is 5. The average molecular weight is 270 g/mol. The lowest BCUT2D eigenvalue weighted by Crippen LogP contribution is -2.19. The van der Waals surface area contributed by atoms with Crippen molar-refractivity contribution < 1.29 is 0 Å². The van der Waals surface area contributed by atoms with Crippen molar-refractivity contribution in [3.8, 4) is 5.82 Å². The molecule has 0 atom stereocenters. The Labute approximate surface area is 120 Å². The van der Waals surface area contributed by atoms with Gasteiger partial charge in [-0.1, -0.05) is 6.92 Å². The second kappa shape index (κ2) is 5.37. The summed E-state index contributed by atoms with van der Waals surface area (Å²) in [6, 6.07) is 2.87. The van der Waals surface area contributed by atoms with E-state index in [0.29, 0.717) is 6.04 Å². The highest BCUT2D eigenvalue weighted by molar-refractivity contribution is 5.42. The Morgan fingerprint density at radius 2 is 2.15 bits per heavy atom. The summed E-state index contributed by atoms with van der Waals surface area (Å²) in [4.78, 5) is 9.19. The summed E-state index contributed by atoms with van der Waals surface area (Å²) in [5, 5.41) is 3.60. The molecular formula is C16H22N4. The first-order chi connectivity index (χ1) is 9.69. The minimum Gasteiger partial charge on any atom is -0.310 e. The van der Waals surface area contributed by atoms with Crippen LogP contribution in [0.25, 0.3) is 5.82 Å². The predicted molar refractivity (Wildman–Crippen MR) is 80.1 cm³/mol. The van der Waals surface area contributed by atoms with Gasteiger partial charge in [0, 0.05) is 42.7 Å². The molecule has 4 heteroatoms. The summed E-state index contributed by atoms with van der Waals surface area (Å²) in [6.07, 6.45) is 7.39. The third kappa shape index (κ3) is 2.61. The van der Waals surface area contributed by atoms with Gasteiger partial charge >= 0.3 is 0 Å². The van der Waals surface area contributed by atoms with Crippen LogP contribution >= 0.6 is 0 Å². The highest BCUT2D eigenvalue weighted by Gasteiger charge is 2.22. The van der Waals surface area contributed by atoms with Gasteiger partial charge in [-0.15, -0.1) is 0 Å². The van der Waals surface area contributed by atoms with Crippen molar-refractivity contribution in [3.63, 3.8) is 0 Å². The van der Waals surface area contributed by atoms with Crippen LogP contribution in [0.5, 0.6) is 0 Å². The van der Waals surface area contributed by atoms with Crippen LogP contribution in [0.4, 0.5) is 0 Å². The van der Waals surface area contributed by atoms with Crippen LogP contribution in [0, 0.1) is 13.8 Å². The molecule has 106 valence electrons. The maximum atomic E-state index is 4.77. The van der Waals surface area contributed by atoms with Gasteiger partial charge in [0.25, 0.3) is 0 Å². The van der Waals surface area contributed by atoms with E-state index in [-0.39, 0.29) is 0 Å². The Kier molecular flexibility index (Phi) is 3.57. The first-order valence-corrected chi connectivity index (χ1v) is 7.42. The maximum Gasteiger partial charge on any atom is 0.143 e. The summed E-state index contributed by atoms with van der Waals surface area (Å²) in [5.41, 5.74) is 3.65. The van der Waals surface area contributed by atoms with Crippen LogP contribution in [0.3, 0.4) is 0 Å². The smallest absolute Gasteiger partial charge is 0.143 e. The van der Waals surface area contributed by atoms with E-state index in [1.807, 2.05) is 12.4 Å². The number of aryl methyl sites for hydroxylation is 3. The molecule has 3 rings (SSSR count). The van der Waals surface area contributed by atoms with Gasteiger partial charge in [0.1, 0.15) is 11.6 Å². The summed E-state index contributed by atoms with van der Waals surface area (Å²) < 4.78 is 2.13. The van der Waals surface area contributed by atoms with E-state index >= 15 is 0 Å². The molecule has 1 aliphatic carbocycles. The number of hydrogen-bond acceptors (Lipinski definition) is 3. The first-order valence-electron chi connectivity index (χ1n) is 7.42. The molecule has 0 aliphatic heterocycles. The summed E-state index contributed by atoms with van der Waals surface area (Å²) in [7, 11) is 0. The third-order valence-electron chi connectivity index (χ3n) is 3.86. The quantitative estimate of drug-likeness (QED) is 0.908. The summed E-state index contributed by atoms with van der Waals surface area (Å²) >= 11 is 0. The van der Waals surface area contributed by atoms with Gasteiger partial charge in [-0.05, 0) is 38.3 Å². The molecule has 2 aromatic rings. The lowest BCUT2D eigenvalue weighted by molar-refractivity contribution is 0.675. The monoisotopic (exact) mass is 270 g/mol. The van der Waals surface area contributed by atoms with Crippen LogP contribution in [-0.2, 0) is 13.0 Å². The zero-order valence-electron chi connectivity index (χ0n) is 12.5. The number of nitrogens with zero attached hydrogens (tertiary/aromatic N) is 3. The van der Waals surface area contributed by atoms with E-state index in [2.05, 4.69) is 41.7 Å². The number of pyridine rings is 1. The van der Waals surface area contributed by atoms with Gasteiger partial charge in [-0.25, -0.2) is 9.97 Å². The van der Waals surface area contributed by atoms with E-state index in [0.717, 1.165) is 30.3 Å². The van der Waals surface area contributed by atoms with E-state index in [1.165, 1.54) is 24.0 Å². The van der Waals surface area contributed by atoms with E-state index < -0.39 is 0 Å². The molecule has 1 fully saturated rings. The highest BCUT2D eigenvalue weighted by atomic mass is 15.1. The van der Waals surface area contributed by atoms with Crippen LogP contribution in [0.1, 0.15) is 42.4 Å². The number of hydrogen-bond donors (Lipinski definition) is 1. The Morgan fingerprint density at radius 1 is 1.35 bits per heavy atom. The van der Waals surface area contributed by atoms with Gasteiger partial charge in [0.2, 0.25) is 0 Å². The topological polar surface area (TPSA) is 42.7 Å². The zero-order chi connectivity index (χ0) is 14.1. The molecule has 0 saturated heterocycles. The number of nitrogens with one attached hydrogen (secondary N) is 1. The Bertz CT molecular complexity index is 611. The molecule has 0 unspecified atom stereocenters. The molecule has 0 bridgehead atoms. The fourth-order valence-electron chi connectivity index (χ4n) is 2.58. The summed E-state index contributed by atoms with van der Waals surface area (Å²) in [6.45, 7) is 7.24. The first kappa shape index (κ1) is 13.3. The largest absolute Gasteiger partial charge is 0.310 e. The minimum absolute atomic E-state index is 0.706. The van der Waals surface area contributed by atoms with Crippen molar-refractivity contribution in [2.75, 3.05) is 0 Å². The van der Waals surface area contributed by atoms with Crippen molar-refractivity contribution in [1.29, 1.82) is 0 Å². The SMILES string of the molecule is CCc1nccn1-c1nc(C)cc(C)c1CNC1CC1. The van der Waals surface area contributed by atoms with Crippen LogP contribution in [-0.4, -0.2) is 20.6 Å². The lowest BCUT2D eigenvalue weighted by atomic mass is 10.1. The third-order valence-corrected chi connectivity index (χ3v) is 3.86. The van der Waals surface area contributed by atoms with Crippen molar-refractivity contribution in [3.05, 3.63) is 41.1 Å². The van der Waals surface area contributed by atoms with Crippen molar-refractivity contribution in [2.24, 2.45) is 0 Å². The Morgan fingerprint density at radius 3 is 2.85 bits per heavy atom. The summed E-state index contributed by atoms with van der Waals surface area (Å²) in [5.74, 6) is 2.10. The Balaban J connectivity index is 2.02. The molecule has 0 aromatic carbocycles. The van der Waals surface area contributed by atoms with E-state index in [9.17, 15) is 0 Å². The van der Waals surface area contributed by atoms with Crippen LogP contribution in [0.15, 0.2) is 18.5 Å². The standard InChI is InChI=1S/C16H22N4/c1-4-15-17-7-8-20(15)16-14(10-18-13-5-6-13)11(2)9-12(3)19-16/h7-9,13,18H,4-6,10H2,1-3H3. The lowest BCUT2D eigenvalue weighted by Gasteiger charge is -2.16. The fraction of sp³-hybridized carbons (Fsp3) is 0.500. The molecule has 1 N–H and O–H groups in total. The minimum atomic E-state index is 0.706. The molecule has 0 amide bonds. The van der Waals surface area contributed by atoms with Gasteiger partial charge in [-0.2, -0.15) is 0 Å². The molecule has 2 aromatic heterocycles. The van der Waals surface area contributed by atoms with Crippen molar-refractivity contribution >= 4 is 0 Å².